The molecule has 2 aromatic heterocycles. The molecule has 2 saturated heterocycles. The van der Waals surface area contributed by atoms with Crippen LogP contribution in [0.5, 0.6) is 0 Å². The molecule has 7 heteroatoms. The van der Waals surface area contributed by atoms with Crippen LogP contribution in [0.1, 0.15) is 11.1 Å². The van der Waals surface area contributed by atoms with Gasteiger partial charge in [-0.25, -0.2) is 9.97 Å². The topological polar surface area (TPSA) is 57.6 Å². The molecule has 2 aliphatic rings. The number of ether oxygens (including phenoxy) is 1. The van der Waals surface area contributed by atoms with Crippen LogP contribution in [0.25, 0.3) is 22.4 Å². The highest BCUT2D eigenvalue weighted by Gasteiger charge is 2.20. The average Bonchev–Trinajstić information content (AvgIpc) is 2.80. The number of aryl methyl sites for hydroxylation is 1. The van der Waals surface area contributed by atoms with Crippen molar-refractivity contribution in [3.8, 4) is 11.4 Å². The highest BCUT2D eigenvalue weighted by atomic mass is 16.5. The van der Waals surface area contributed by atoms with Crippen molar-refractivity contribution < 1.29 is 4.74 Å². The van der Waals surface area contributed by atoms with Crippen LogP contribution < -0.4 is 4.90 Å². The molecule has 0 N–H and O–H groups in total. The summed E-state index contributed by atoms with van der Waals surface area (Å²) in [5, 5.41) is 0. The van der Waals surface area contributed by atoms with Crippen molar-refractivity contribution in [1.82, 2.24) is 24.8 Å². The molecule has 0 atom stereocenters. The van der Waals surface area contributed by atoms with E-state index in [2.05, 4.69) is 59.0 Å². The highest BCUT2D eigenvalue weighted by Crippen LogP contribution is 2.28. The van der Waals surface area contributed by atoms with Gasteiger partial charge in [-0.1, -0.05) is 23.8 Å². The van der Waals surface area contributed by atoms with E-state index in [1.165, 1.54) is 11.1 Å². The van der Waals surface area contributed by atoms with Gasteiger partial charge in [0, 0.05) is 57.6 Å². The van der Waals surface area contributed by atoms with Crippen molar-refractivity contribution in [1.29, 1.82) is 0 Å². The molecule has 0 aliphatic carbocycles. The number of rotatable bonds is 4. The van der Waals surface area contributed by atoms with E-state index in [1.54, 1.807) is 0 Å². The molecule has 5 rings (SSSR count). The fraction of sp³-hybridized carbons (Fsp3) is 0.458. The van der Waals surface area contributed by atoms with E-state index in [4.69, 9.17) is 19.7 Å². The van der Waals surface area contributed by atoms with E-state index in [0.29, 0.717) is 13.2 Å². The van der Waals surface area contributed by atoms with Gasteiger partial charge in [-0.2, -0.15) is 0 Å². The van der Waals surface area contributed by atoms with Gasteiger partial charge in [0.15, 0.2) is 11.6 Å². The molecule has 3 aromatic rings. The fourth-order valence-corrected chi connectivity index (χ4v) is 4.30. The maximum atomic E-state index is 5.56. The van der Waals surface area contributed by atoms with Gasteiger partial charge < -0.3 is 14.5 Å². The summed E-state index contributed by atoms with van der Waals surface area (Å²) in [5.41, 5.74) is 5.25. The lowest BCUT2D eigenvalue weighted by Gasteiger charge is -2.32. The Balaban J connectivity index is 1.54. The van der Waals surface area contributed by atoms with E-state index < -0.39 is 0 Å². The number of anilines is 1. The van der Waals surface area contributed by atoms with Crippen molar-refractivity contribution in [3.63, 3.8) is 0 Å². The van der Waals surface area contributed by atoms with E-state index in [1.807, 2.05) is 6.20 Å². The van der Waals surface area contributed by atoms with Crippen LogP contribution >= 0.6 is 0 Å². The maximum Gasteiger partial charge on any atom is 0.162 e. The van der Waals surface area contributed by atoms with Crippen molar-refractivity contribution in [2.75, 3.05) is 64.4 Å². The van der Waals surface area contributed by atoms with Crippen LogP contribution in [0.4, 0.5) is 5.82 Å². The maximum absolute atomic E-state index is 5.56. The quantitative estimate of drug-likeness (QED) is 0.645. The summed E-state index contributed by atoms with van der Waals surface area (Å²) in [6, 6.07) is 10.6. The number of piperazine rings is 1. The lowest BCUT2D eigenvalue weighted by molar-refractivity contribution is 0.122. The van der Waals surface area contributed by atoms with Crippen molar-refractivity contribution in [2.24, 2.45) is 0 Å². The van der Waals surface area contributed by atoms with Gasteiger partial charge in [0.2, 0.25) is 0 Å². The van der Waals surface area contributed by atoms with Crippen LogP contribution in [0.15, 0.2) is 36.5 Å². The van der Waals surface area contributed by atoms with Crippen molar-refractivity contribution in [2.45, 2.75) is 13.5 Å². The predicted octanol–water partition coefficient (Wildman–Crippen LogP) is 2.58. The zero-order valence-corrected chi connectivity index (χ0v) is 18.4. The summed E-state index contributed by atoms with van der Waals surface area (Å²) in [7, 11) is 2.19. The monoisotopic (exact) mass is 418 g/mol. The van der Waals surface area contributed by atoms with E-state index in [-0.39, 0.29) is 0 Å². The first kappa shape index (κ1) is 20.3. The molecule has 2 fully saturated rings. The Bertz CT molecular complexity index is 1060. The Morgan fingerprint density at radius 2 is 1.77 bits per heavy atom. The fourth-order valence-electron chi connectivity index (χ4n) is 4.30. The molecule has 1 aromatic carbocycles. The van der Waals surface area contributed by atoms with Crippen molar-refractivity contribution in [3.05, 3.63) is 47.7 Å². The van der Waals surface area contributed by atoms with E-state index in [0.717, 1.165) is 74.1 Å². The van der Waals surface area contributed by atoms with Crippen LogP contribution in [-0.2, 0) is 11.3 Å². The molecule has 0 spiro atoms. The van der Waals surface area contributed by atoms with Gasteiger partial charge in [0.25, 0.3) is 0 Å². The van der Waals surface area contributed by atoms with Gasteiger partial charge in [0.05, 0.1) is 18.7 Å². The highest BCUT2D eigenvalue weighted by molar-refractivity contribution is 5.88. The minimum absolute atomic E-state index is 0.715. The molecule has 0 amide bonds. The number of pyridine rings is 1. The summed E-state index contributed by atoms with van der Waals surface area (Å²) >= 11 is 0. The summed E-state index contributed by atoms with van der Waals surface area (Å²) in [6.45, 7) is 10.5. The number of morpholine rings is 1. The second-order valence-electron chi connectivity index (χ2n) is 8.63. The first-order valence-electron chi connectivity index (χ1n) is 11.1. The third-order valence-corrected chi connectivity index (χ3v) is 6.16. The minimum Gasteiger partial charge on any atom is -0.378 e. The molecule has 31 heavy (non-hydrogen) atoms. The first-order valence-corrected chi connectivity index (χ1v) is 11.1. The lowest BCUT2D eigenvalue weighted by atomic mass is 10.1. The van der Waals surface area contributed by atoms with Gasteiger partial charge in [-0.05, 0) is 31.7 Å². The van der Waals surface area contributed by atoms with Crippen LogP contribution in [0.3, 0.4) is 0 Å². The molecule has 0 saturated carbocycles. The number of fused-ring (bicyclic) bond motifs is 1. The lowest BCUT2D eigenvalue weighted by Crippen LogP contribution is -2.43. The van der Waals surface area contributed by atoms with E-state index in [9.17, 15) is 0 Å². The smallest absolute Gasteiger partial charge is 0.162 e. The molecular formula is C24H30N6O. The van der Waals surface area contributed by atoms with Gasteiger partial charge in [-0.3, -0.25) is 9.88 Å². The number of benzene rings is 1. The first-order chi connectivity index (χ1) is 15.2. The van der Waals surface area contributed by atoms with Gasteiger partial charge in [0.1, 0.15) is 5.52 Å². The Labute approximate surface area is 183 Å². The van der Waals surface area contributed by atoms with Gasteiger partial charge >= 0.3 is 0 Å². The Morgan fingerprint density at radius 1 is 0.968 bits per heavy atom. The summed E-state index contributed by atoms with van der Waals surface area (Å²) in [6.07, 6.45) is 2.00. The van der Waals surface area contributed by atoms with Crippen LogP contribution in [-0.4, -0.2) is 84.3 Å². The molecule has 4 heterocycles. The number of hydrogen-bond donors (Lipinski definition) is 0. The third kappa shape index (κ3) is 4.54. The molecule has 0 radical (unpaired) electrons. The molecule has 0 bridgehead atoms. The minimum atomic E-state index is 0.715. The zero-order valence-electron chi connectivity index (χ0n) is 18.4. The van der Waals surface area contributed by atoms with E-state index >= 15 is 0 Å². The largest absolute Gasteiger partial charge is 0.378 e. The summed E-state index contributed by atoms with van der Waals surface area (Å²) in [4.78, 5) is 21.9. The SMILES string of the molecule is Cc1cccc(-c2nc(N3CCOCC3)c3ncc(CN4CCN(C)CC4)cc3n2)c1. The number of nitrogens with zero attached hydrogens (tertiary/aromatic N) is 6. The number of hydrogen-bond acceptors (Lipinski definition) is 7. The van der Waals surface area contributed by atoms with Gasteiger partial charge in [-0.15, -0.1) is 0 Å². The Kier molecular flexibility index (Phi) is 5.80. The molecular weight excluding hydrogens is 388 g/mol. The summed E-state index contributed by atoms with van der Waals surface area (Å²) < 4.78 is 5.56. The van der Waals surface area contributed by atoms with Crippen LogP contribution in [0.2, 0.25) is 0 Å². The summed E-state index contributed by atoms with van der Waals surface area (Å²) in [5.74, 6) is 1.67. The number of likely N-dealkylation sites (N-methyl/N-ethyl adjacent to an activating group) is 1. The predicted molar refractivity (Wildman–Crippen MR) is 123 cm³/mol. The second kappa shape index (κ2) is 8.86. The third-order valence-electron chi connectivity index (χ3n) is 6.16. The molecule has 2 aliphatic heterocycles. The van der Waals surface area contributed by atoms with Crippen LogP contribution in [0, 0.1) is 6.92 Å². The number of aromatic nitrogens is 3. The average molecular weight is 419 g/mol. The molecule has 7 nitrogen and oxygen atoms in total. The zero-order chi connectivity index (χ0) is 21.2. The molecule has 162 valence electrons. The molecule has 0 unspecified atom stereocenters. The second-order valence-corrected chi connectivity index (χ2v) is 8.63. The normalized spacial score (nSPS) is 18.6. The standard InChI is InChI=1S/C24H30N6O/c1-18-4-3-5-20(14-18)23-26-21-15-19(17-29-8-6-28(2)7-9-29)16-25-22(21)24(27-23)30-10-12-31-13-11-30/h3-5,14-16H,6-13,17H2,1-2H3. The van der Waals surface area contributed by atoms with Crippen molar-refractivity contribution >= 4 is 16.9 Å². The Hall–Kier alpha value is -2.61. The Morgan fingerprint density at radius 3 is 2.55 bits per heavy atom.